The number of nitrogens with one attached hydrogen (secondary N) is 2. The first kappa shape index (κ1) is 13.8. The summed E-state index contributed by atoms with van der Waals surface area (Å²) in [6, 6.07) is 7.42. The van der Waals surface area contributed by atoms with Gasteiger partial charge in [-0.15, -0.1) is 0 Å². The van der Waals surface area contributed by atoms with Gasteiger partial charge in [-0.25, -0.2) is 4.39 Å². The number of hydrogen-bond donors (Lipinski definition) is 3. The summed E-state index contributed by atoms with van der Waals surface area (Å²) in [4.78, 5) is 15.0. The topological polar surface area (TPSA) is 74.2 Å². The Morgan fingerprint density at radius 2 is 2.15 bits per heavy atom. The highest BCUT2D eigenvalue weighted by atomic mass is 19.1. The van der Waals surface area contributed by atoms with E-state index in [9.17, 15) is 9.18 Å². The molecule has 1 aromatic carbocycles. The number of rotatable bonds is 4. The van der Waals surface area contributed by atoms with Crippen molar-refractivity contribution in [3.8, 4) is 5.75 Å². The second-order valence-corrected chi connectivity index (χ2v) is 4.24. The second-order valence-electron chi connectivity index (χ2n) is 4.24. The van der Waals surface area contributed by atoms with Crippen molar-refractivity contribution in [1.29, 1.82) is 0 Å². The molecule has 1 heterocycles. The summed E-state index contributed by atoms with van der Waals surface area (Å²) < 4.78 is 13.6. The van der Waals surface area contributed by atoms with Crippen LogP contribution in [0.4, 0.5) is 15.8 Å². The number of carbonyl (C=O) groups excluding carboxylic acids is 1. The van der Waals surface area contributed by atoms with E-state index in [1.54, 1.807) is 6.07 Å². The molecule has 1 aromatic heterocycles. The summed E-state index contributed by atoms with van der Waals surface area (Å²) >= 11 is 0. The van der Waals surface area contributed by atoms with E-state index in [2.05, 4.69) is 15.6 Å². The number of aromatic nitrogens is 1. The lowest BCUT2D eigenvalue weighted by Crippen LogP contribution is -2.07. The number of carbonyl (C=O) groups is 1. The zero-order valence-electron chi connectivity index (χ0n) is 10.9. The smallest absolute Gasteiger partial charge is 0.221 e. The third-order valence-electron chi connectivity index (χ3n) is 2.56. The minimum Gasteiger partial charge on any atom is -0.506 e. The SMILES string of the molecule is CC(=O)Nc1ccc(F)c(NCc2ccc(O)cn2)c1. The van der Waals surface area contributed by atoms with Gasteiger partial charge < -0.3 is 15.7 Å². The number of nitrogens with zero attached hydrogens (tertiary/aromatic N) is 1. The highest BCUT2D eigenvalue weighted by Crippen LogP contribution is 2.20. The molecule has 2 aromatic rings. The fraction of sp³-hybridized carbons (Fsp3) is 0.143. The van der Waals surface area contributed by atoms with Gasteiger partial charge in [0.2, 0.25) is 5.91 Å². The minimum absolute atomic E-state index is 0.0765. The van der Waals surface area contributed by atoms with Gasteiger partial charge in [-0.05, 0) is 30.3 Å². The Morgan fingerprint density at radius 1 is 1.35 bits per heavy atom. The lowest BCUT2D eigenvalue weighted by atomic mass is 10.2. The van der Waals surface area contributed by atoms with E-state index in [1.165, 1.54) is 37.4 Å². The summed E-state index contributed by atoms with van der Waals surface area (Å²) in [5.74, 6) is -0.562. The van der Waals surface area contributed by atoms with Crippen LogP contribution in [-0.2, 0) is 11.3 Å². The fourth-order valence-corrected chi connectivity index (χ4v) is 1.65. The number of benzene rings is 1. The summed E-state index contributed by atoms with van der Waals surface area (Å²) in [5, 5.41) is 14.6. The predicted molar refractivity (Wildman–Crippen MR) is 73.9 cm³/mol. The molecule has 0 bridgehead atoms. The Kier molecular flexibility index (Phi) is 4.14. The molecule has 20 heavy (non-hydrogen) atoms. The number of hydrogen-bond acceptors (Lipinski definition) is 4. The van der Waals surface area contributed by atoms with Crippen LogP contribution < -0.4 is 10.6 Å². The molecule has 2 rings (SSSR count). The van der Waals surface area contributed by atoms with Crippen LogP contribution >= 0.6 is 0 Å². The van der Waals surface area contributed by atoms with Crippen LogP contribution in [0.15, 0.2) is 36.5 Å². The lowest BCUT2D eigenvalue weighted by molar-refractivity contribution is -0.114. The Labute approximate surface area is 115 Å². The zero-order valence-corrected chi connectivity index (χ0v) is 10.9. The van der Waals surface area contributed by atoms with Gasteiger partial charge in [0.15, 0.2) is 0 Å². The second kappa shape index (κ2) is 6.01. The van der Waals surface area contributed by atoms with Crippen molar-refractivity contribution in [2.75, 3.05) is 10.6 Å². The van der Waals surface area contributed by atoms with Crippen molar-refractivity contribution in [3.05, 3.63) is 48.0 Å². The van der Waals surface area contributed by atoms with Crippen LogP contribution in [0.2, 0.25) is 0 Å². The molecule has 0 aliphatic heterocycles. The van der Waals surface area contributed by atoms with Crippen molar-refractivity contribution in [2.45, 2.75) is 13.5 Å². The Morgan fingerprint density at radius 3 is 2.80 bits per heavy atom. The molecule has 5 nitrogen and oxygen atoms in total. The normalized spacial score (nSPS) is 10.1. The van der Waals surface area contributed by atoms with E-state index in [1.807, 2.05) is 0 Å². The third kappa shape index (κ3) is 3.68. The molecule has 0 saturated heterocycles. The number of aromatic hydroxyl groups is 1. The Balaban J connectivity index is 2.08. The van der Waals surface area contributed by atoms with Gasteiger partial charge in [-0.1, -0.05) is 0 Å². The lowest BCUT2D eigenvalue weighted by Gasteiger charge is -2.09. The molecule has 0 aliphatic carbocycles. The molecule has 0 aliphatic rings. The predicted octanol–water partition coefficient (Wildman–Crippen LogP) is 2.50. The largest absolute Gasteiger partial charge is 0.506 e. The molecule has 0 unspecified atom stereocenters. The molecule has 3 N–H and O–H groups in total. The van der Waals surface area contributed by atoms with Gasteiger partial charge in [0, 0.05) is 12.6 Å². The molecular formula is C14H14FN3O2. The molecule has 0 fully saturated rings. The first-order valence-electron chi connectivity index (χ1n) is 5.99. The molecular weight excluding hydrogens is 261 g/mol. The van der Waals surface area contributed by atoms with Crippen LogP contribution in [0.5, 0.6) is 5.75 Å². The van der Waals surface area contributed by atoms with Crippen molar-refractivity contribution in [3.63, 3.8) is 0 Å². The standard InChI is InChI=1S/C14H14FN3O2/c1-9(19)18-10-3-5-13(15)14(6-10)17-7-11-2-4-12(20)8-16-11/h2-6,8,17,20H,7H2,1H3,(H,18,19). The monoisotopic (exact) mass is 275 g/mol. The van der Waals surface area contributed by atoms with Crippen LogP contribution in [-0.4, -0.2) is 16.0 Å². The molecule has 0 atom stereocenters. The van der Waals surface area contributed by atoms with E-state index >= 15 is 0 Å². The summed E-state index contributed by atoms with van der Waals surface area (Å²) in [5.41, 5.74) is 1.44. The Hall–Kier alpha value is -2.63. The van der Waals surface area contributed by atoms with E-state index in [4.69, 9.17) is 5.11 Å². The number of anilines is 2. The average molecular weight is 275 g/mol. The molecule has 1 amide bonds. The maximum atomic E-state index is 13.6. The minimum atomic E-state index is -0.419. The van der Waals surface area contributed by atoms with Crippen molar-refractivity contribution < 1.29 is 14.3 Å². The van der Waals surface area contributed by atoms with Gasteiger partial charge in [-0.3, -0.25) is 9.78 Å². The van der Waals surface area contributed by atoms with Crippen LogP contribution in [0, 0.1) is 5.82 Å². The van der Waals surface area contributed by atoms with Gasteiger partial charge in [0.1, 0.15) is 11.6 Å². The van der Waals surface area contributed by atoms with Crippen LogP contribution in [0.25, 0.3) is 0 Å². The zero-order chi connectivity index (χ0) is 14.5. The fourth-order valence-electron chi connectivity index (χ4n) is 1.65. The number of amides is 1. The maximum Gasteiger partial charge on any atom is 0.221 e. The van der Waals surface area contributed by atoms with Crippen molar-refractivity contribution >= 4 is 17.3 Å². The van der Waals surface area contributed by atoms with E-state index in [-0.39, 0.29) is 17.3 Å². The summed E-state index contributed by atoms with van der Waals surface area (Å²) in [6.45, 7) is 1.69. The average Bonchev–Trinajstić information content (AvgIpc) is 2.40. The van der Waals surface area contributed by atoms with Crippen LogP contribution in [0.1, 0.15) is 12.6 Å². The Bertz CT molecular complexity index is 614. The third-order valence-corrected chi connectivity index (χ3v) is 2.56. The first-order valence-corrected chi connectivity index (χ1v) is 5.99. The van der Waals surface area contributed by atoms with Gasteiger partial charge in [0.25, 0.3) is 0 Å². The molecule has 0 radical (unpaired) electrons. The van der Waals surface area contributed by atoms with Crippen molar-refractivity contribution in [1.82, 2.24) is 4.98 Å². The number of pyridine rings is 1. The summed E-state index contributed by atoms with van der Waals surface area (Å²) in [6.07, 6.45) is 1.32. The molecule has 0 spiro atoms. The van der Waals surface area contributed by atoms with E-state index in [0.717, 1.165) is 0 Å². The van der Waals surface area contributed by atoms with Gasteiger partial charge in [-0.2, -0.15) is 0 Å². The molecule has 0 saturated carbocycles. The van der Waals surface area contributed by atoms with E-state index < -0.39 is 5.82 Å². The summed E-state index contributed by atoms with van der Waals surface area (Å²) in [7, 11) is 0. The molecule has 6 heteroatoms. The first-order chi connectivity index (χ1) is 9.54. The van der Waals surface area contributed by atoms with Crippen molar-refractivity contribution in [2.24, 2.45) is 0 Å². The highest BCUT2D eigenvalue weighted by molar-refractivity contribution is 5.89. The molecule has 104 valence electrons. The highest BCUT2D eigenvalue weighted by Gasteiger charge is 2.05. The van der Waals surface area contributed by atoms with Crippen LogP contribution in [0.3, 0.4) is 0 Å². The van der Waals surface area contributed by atoms with Gasteiger partial charge in [0.05, 0.1) is 24.1 Å². The number of halogens is 1. The maximum absolute atomic E-state index is 13.6. The van der Waals surface area contributed by atoms with E-state index in [0.29, 0.717) is 17.9 Å². The van der Waals surface area contributed by atoms with Gasteiger partial charge >= 0.3 is 0 Å². The quantitative estimate of drug-likeness (QED) is 0.801.